The summed E-state index contributed by atoms with van der Waals surface area (Å²) in [6.45, 7) is 5.13. The van der Waals surface area contributed by atoms with E-state index in [1.165, 1.54) is 18.2 Å². The highest BCUT2D eigenvalue weighted by atomic mass is 19.4. The Labute approximate surface area is 230 Å². The van der Waals surface area contributed by atoms with Crippen molar-refractivity contribution in [1.29, 1.82) is 0 Å². The number of alkyl halides is 3. The predicted octanol–water partition coefficient (Wildman–Crippen LogP) is 5.52. The van der Waals surface area contributed by atoms with E-state index in [9.17, 15) is 22.4 Å². The predicted molar refractivity (Wildman–Crippen MR) is 144 cm³/mol. The number of hydrogen-bond donors (Lipinski definition) is 2. The van der Waals surface area contributed by atoms with Gasteiger partial charge in [-0.15, -0.1) is 0 Å². The Balaban J connectivity index is 0.000000559. The van der Waals surface area contributed by atoms with Crippen LogP contribution in [0.5, 0.6) is 5.75 Å². The van der Waals surface area contributed by atoms with E-state index in [1.54, 1.807) is 13.2 Å². The lowest BCUT2D eigenvalue weighted by atomic mass is 10.0. The van der Waals surface area contributed by atoms with Gasteiger partial charge in [-0.2, -0.15) is 13.2 Å². The van der Waals surface area contributed by atoms with Crippen LogP contribution in [0.4, 0.5) is 23.2 Å². The minimum atomic E-state index is -5.08. The highest BCUT2D eigenvalue weighted by molar-refractivity contribution is 6.04. The van der Waals surface area contributed by atoms with Crippen LogP contribution < -0.4 is 10.1 Å². The molecular weight excluding hydrogens is 530 g/mol. The molecule has 1 aliphatic rings. The van der Waals surface area contributed by atoms with Gasteiger partial charge >= 0.3 is 12.1 Å². The number of amides is 1. The van der Waals surface area contributed by atoms with Gasteiger partial charge < -0.3 is 20.1 Å². The van der Waals surface area contributed by atoms with Crippen LogP contribution in [0.15, 0.2) is 66.7 Å². The lowest BCUT2D eigenvalue weighted by molar-refractivity contribution is -0.192. The van der Waals surface area contributed by atoms with E-state index in [0.717, 1.165) is 61.6 Å². The van der Waals surface area contributed by atoms with E-state index in [0.29, 0.717) is 5.69 Å². The van der Waals surface area contributed by atoms with E-state index in [4.69, 9.17) is 14.6 Å². The van der Waals surface area contributed by atoms with Crippen molar-refractivity contribution in [3.05, 3.63) is 83.7 Å². The van der Waals surface area contributed by atoms with Crippen molar-refractivity contribution in [1.82, 2.24) is 9.80 Å². The first-order valence-corrected chi connectivity index (χ1v) is 12.5. The first-order chi connectivity index (χ1) is 19.0. The van der Waals surface area contributed by atoms with Crippen molar-refractivity contribution < 1.29 is 37.0 Å². The van der Waals surface area contributed by atoms with Gasteiger partial charge in [0.05, 0.1) is 7.11 Å². The number of carboxylic acids is 1. The zero-order valence-corrected chi connectivity index (χ0v) is 22.2. The molecule has 3 aromatic rings. The van der Waals surface area contributed by atoms with Gasteiger partial charge in [0, 0.05) is 36.4 Å². The number of aliphatic carboxylic acids is 1. The van der Waals surface area contributed by atoms with Crippen molar-refractivity contribution >= 4 is 17.6 Å². The van der Waals surface area contributed by atoms with Gasteiger partial charge in [0.25, 0.3) is 5.91 Å². The summed E-state index contributed by atoms with van der Waals surface area (Å²) in [5.74, 6) is -2.65. The molecule has 0 saturated carbocycles. The Morgan fingerprint density at radius 1 is 0.950 bits per heavy atom. The Hall–Kier alpha value is -3.96. The van der Waals surface area contributed by atoms with Gasteiger partial charge in [0.2, 0.25) is 0 Å². The van der Waals surface area contributed by atoms with Crippen LogP contribution in [-0.2, 0) is 11.3 Å². The largest absolute Gasteiger partial charge is 0.496 e. The van der Waals surface area contributed by atoms with Crippen molar-refractivity contribution in [2.45, 2.75) is 19.1 Å². The van der Waals surface area contributed by atoms with Gasteiger partial charge in [-0.25, -0.2) is 9.18 Å². The standard InChI is InChI=1S/C27H30FN3O2.C2HF3O2/c1-30-12-5-13-31(15-14-30)19-23-16-21(10-11-26(23)33-2)20-6-4-9-25(18-20)29-27(32)22-7-3-8-24(28)17-22;3-2(4,5)1(6)7/h3-4,6-11,16-18H,5,12-15,19H2,1-2H3,(H,29,32);(H,6,7). The molecule has 0 spiro atoms. The number of ether oxygens (including phenoxy) is 1. The normalized spacial score (nSPS) is 14.4. The maximum Gasteiger partial charge on any atom is 0.490 e. The molecule has 1 aliphatic heterocycles. The number of carbonyl (C=O) groups excluding carboxylic acids is 1. The molecule has 7 nitrogen and oxygen atoms in total. The van der Waals surface area contributed by atoms with Gasteiger partial charge in [0.1, 0.15) is 11.6 Å². The molecule has 0 atom stereocenters. The molecular formula is C29H31F4N3O4. The molecule has 0 aliphatic carbocycles. The molecule has 1 amide bonds. The van der Waals surface area contributed by atoms with Crippen LogP contribution in [0.25, 0.3) is 11.1 Å². The molecule has 1 saturated heterocycles. The lowest BCUT2D eigenvalue weighted by Gasteiger charge is -2.22. The average molecular weight is 562 g/mol. The number of benzene rings is 3. The summed E-state index contributed by atoms with van der Waals surface area (Å²) in [6, 6.07) is 19.6. The maximum atomic E-state index is 13.5. The second-order valence-electron chi connectivity index (χ2n) is 9.31. The van der Waals surface area contributed by atoms with Crippen molar-refractivity contribution in [3.8, 4) is 16.9 Å². The molecule has 0 bridgehead atoms. The fourth-order valence-corrected chi connectivity index (χ4v) is 4.19. The molecule has 11 heteroatoms. The number of hydrogen-bond acceptors (Lipinski definition) is 5. The highest BCUT2D eigenvalue weighted by Gasteiger charge is 2.38. The lowest BCUT2D eigenvalue weighted by Crippen LogP contribution is -2.28. The third-order valence-corrected chi connectivity index (χ3v) is 6.27. The summed E-state index contributed by atoms with van der Waals surface area (Å²) < 4.78 is 50.8. The SMILES string of the molecule is COc1ccc(-c2cccc(NC(=O)c3cccc(F)c3)c2)cc1CN1CCCN(C)CC1.O=C(O)C(F)(F)F. The highest BCUT2D eigenvalue weighted by Crippen LogP contribution is 2.29. The quantitative estimate of drug-likeness (QED) is 0.386. The smallest absolute Gasteiger partial charge is 0.490 e. The van der Waals surface area contributed by atoms with Crippen LogP contribution >= 0.6 is 0 Å². The molecule has 2 N–H and O–H groups in total. The van der Waals surface area contributed by atoms with E-state index < -0.39 is 18.0 Å². The first kappa shape index (κ1) is 30.6. The molecule has 4 rings (SSSR count). The van der Waals surface area contributed by atoms with Gasteiger partial charge in [-0.3, -0.25) is 9.69 Å². The molecule has 0 radical (unpaired) electrons. The zero-order chi connectivity index (χ0) is 29.3. The minimum absolute atomic E-state index is 0.287. The number of likely N-dealkylation sites (N-methyl/N-ethyl adjacent to an activating group) is 1. The topological polar surface area (TPSA) is 82.1 Å². The third kappa shape index (κ3) is 9.06. The van der Waals surface area contributed by atoms with E-state index in [-0.39, 0.29) is 11.5 Å². The first-order valence-electron chi connectivity index (χ1n) is 12.5. The Morgan fingerprint density at radius 3 is 2.33 bits per heavy atom. The number of anilines is 1. The second kappa shape index (κ2) is 13.9. The van der Waals surface area contributed by atoms with Crippen molar-refractivity contribution in [3.63, 3.8) is 0 Å². The van der Waals surface area contributed by atoms with Crippen LogP contribution in [0.1, 0.15) is 22.3 Å². The second-order valence-corrected chi connectivity index (χ2v) is 9.31. The third-order valence-electron chi connectivity index (χ3n) is 6.27. The van der Waals surface area contributed by atoms with E-state index >= 15 is 0 Å². The Bertz CT molecular complexity index is 1320. The van der Waals surface area contributed by atoms with Gasteiger partial charge in [-0.05, 0) is 80.1 Å². The number of methoxy groups -OCH3 is 1. The molecule has 0 aromatic heterocycles. The zero-order valence-electron chi connectivity index (χ0n) is 22.2. The summed E-state index contributed by atoms with van der Waals surface area (Å²) in [6.07, 6.45) is -3.93. The van der Waals surface area contributed by atoms with E-state index in [1.807, 2.05) is 36.4 Å². The average Bonchev–Trinajstić information content (AvgIpc) is 3.12. The van der Waals surface area contributed by atoms with E-state index in [2.05, 4.69) is 28.2 Å². The number of carboxylic acid groups (broad SMARTS) is 1. The molecule has 40 heavy (non-hydrogen) atoms. The summed E-state index contributed by atoms with van der Waals surface area (Å²) in [4.78, 5) is 26.3. The summed E-state index contributed by atoms with van der Waals surface area (Å²) in [5, 5.41) is 9.99. The van der Waals surface area contributed by atoms with Crippen molar-refractivity contribution in [2.75, 3.05) is 45.7 Å². The van der Waals surface area contributed by atoms with Crippen LogP contribution in [0.3, 0.4) is 0 Å². The fourth-order valence-electron chi connectivity index (χ4n) is 4.19. The molecule has 0 unspecified atom stereocenters. The number of nitrogens with one attached hydrogen (secondary N) is 1. The van der Waals surface area contributed by atoms with Crippen molar-refractivity contribution in [2.24, 2.45) is 0 Å². The maximum absolute atomic E-state index is 13.5. The molecule has 1 heterocycles. The fraction of sp³-hybridized carbons (Fsp3) is 0.310. The summed E-state index contributed by atoms with van der Waals surface area (Å²) >= 11 is 0. The molecule has 214 valence electrons. The Morgan fingerprint density at radius 2 is 1.65 bits per heavy atom. The van der Waals surface area contributed by atoms with Gasteiger partial charge in [0.15, 0.2) is 0 Å². The van der Waals surface area contributed by atoms with Crippen LogP contribution in [0, 0.1) is 5.82 Å². The van der Waals surface area contributed by atoms with Gasteiger partial charge in [-0.1, -0.05) is 24.3 Å². The molecule has 3 aromatic carbocycles. The van der Waals surface area contributed by atoms with Crippen LogP contribution in [-0.4, -0.2) is 73.3 Å². The number of halogens is 4. The number of carbonyl (C=O) groups is 2. The Kier molecular flexibility index (Phi) is 10.6. The number of nitrogens with zero attached hydrogens (tertiary/aromatic N) is 2. The molecule has 1 fully saturated rings. The monoisotopic (exact) mass is 561 g/mol. The summed E-state index contributed by atoms with van der Waals surface area (Å²) in [7, 11) is 3.88. The minimum Gasteiger partial charge on any atom is -0.496 e. The number of rotatable bonds is 6. The summed E-state index contributed by atoms with van der Waals surface area (Å²) in [5.41, 5.74) is 4.14. The van der Waals surface area contributed by atoms with Crippen LogP contribution in [0.2, 0.25) is 0 Å².